The quantitative estimate of drug-likeness (QED) is 0.400. The molecular formula is C28H31N5O2. The van der Waals surface area contributed by atoms with Crippen LogP contribution in [0.25, 0.3) is 17.1 Å². The lowest BCUT2D eigenvalue weighted by Crippen LogP contribution is -2.24. The Labute approximate surface area is 205 Å². The van der Waals surface area contributed by atoms with Crippen molar-refractivity contribution in [2.75, 3.05) is 0 Å². The Balaban J connectivity index is 1.72. The molecule has 7 nitrogen and oxygen atoms in total. The third-order valence-electron chi connectivity index (χ3n) is 5.81. The van der Waals surface area contributed by atoms with E-state index in [1.54, 1.807) is 23.9 Å². The van der Waals surface area contributed by atoms with Gasteiger partial charge in [-0.3, -0.25) is 19.3 Å². The zero-order chi connectivity index (χ0) is 25.3. The van der Waals surface area contributed by atoms with Crippen molar-refractivity contribution in [3.8, 4) is 22.8 Å². The van der Waals surface area contributed by atoms with Crippen LogP contribution in [-0.2, 0) is 12.0 Å². The minimum atomic E-state index is -0.183. The fraction of sp³-hybridized carbons (Fsp3) is 0.321. The van der Waals surface area contributed by atoms with Crippen molar-refractivity contribution in [1.29, 1.82) is 0 Å². The van der Waals surface area contributed by atoms with Gasteiger partial charge >= 0.3 is 0 Å². The van der Waals surface area contributed by atoms with Gasteiger partial charge < -0.3 is 4.74 Å². The van der Waals surface area contributed by atoms with E-state index < -0.39 is 0 Å². The smallest absolute Gasteiger partial charge is 0.261 e. The molecule has 4 heterocycles. The molecule has 4 aromatic rings. The number of aryl methyl sites for hydroxylation is 3. The molecule has 0 unspecified atom stereocenters. The van der Waals surface area contributed by atoms with Gasteiger partial charge in [-0.25, -0.2) is 9.97 Å². The molecule has 35 heavy (non-hydrogen) atoms. The van der Waals surface area contributed by atoms with Crippen LogP contribution in [0.1, 0.15) is 54.8 Å². The molecule has 0 saturated heterocycles. The van der Waals surface area contributed by atoms with Gasteiger partial charge in [-0.15, -0.1) is 0 Å². The predicted octanol–water partition coefficient (Wildman–Crippen LogP) is 5.19. The molecule has 0 amide bonds. The van der Waals surface area contributed by atoms with Gasteiger partial charge in [0.1, 0.15) is 18.2 Å². The monoisotopic (exact) mass is 469 g/mol. The molecule has 0 aliphatic heterocycles. The van der Waals surface area contributed by atoms with Gasteiger partial charge in [0.15, 0.2) is 0 Å². The van der Waals surface area contributed by atoms with Gasteiger partial charge in [0.05, 0.1) is 28.3 Å². The Bertz CT molecular complexity index is 1450. The van der Waals surface area contributed by atoms with Crippen molar-refractivity contribution < 1.29 is 4.74 Å². The summed E-state index contributed by atoms with van der Waals surface area (Å²) in [5, 5.41) is 0. The standard InChI is InChI=1S/C28H31N5O2/c1-17-15-30-23(22-11-12-29-27(32-22)28(5,6)7)14-24(17)33-19(3)13-25(20(4)26(33)34)35-16-21-10-8-9-18(2)31-21/h8-15H,16H2,1-7H3. The third-order valence-corrected chi connectivity index (χ3v) is 5.81. The van der Waals surface area contributed by atoms with E-state index in [2.05, 4.69) is 35.7 Å². The number of aromatic nitrogens is 5. The van der Waals surface area contributed by atoms with E-state index in [9.17, 15) is 4.79 Å². The maximum absolute atomic E-state index is 13.5. The Hall–Kier alpha value is -3.87. The van der Waals surface area contributed by atoms with Gasteiger partial charge in [-0.05, 0) is 57.5 Å². The summed E-state index contributed by atoms with van der Waals surface area (Å²) in [4.78, 5) is 31.7. The van der Waals surface area contributed by atoms with Crippen LogP contribution in [0.3, 0.4) is 0 Å². The molecule has 0 N–H and O–H groups in total. The molecule has 0 bridgehead atoms. The van der Waals surface area contributed by atoms with E-state index in [0.29, 0.717) is 23.6 Å². The average molecular weight is 470 g/mol. The lowest BCUT2D eigenvalue weighted by atomic mass is 9.95. The summed E-state index contributed by atoms with van der Waals surface area (Å²) in [6, 6.07) is 11.5. The Morgan fingerprint density at radius 1 is 0.943 bits per heavy atom. The van der Waals surface area contributed by atoms with Crippen LogP contribution in [0.15, 0.2) is 53.6 Å². The van der Waals surface area contributed by atoms with Crippen molar-refractivity contribution >= 4 is 0 Å². The van der Waals surface area contributed by atoms with Crippen molar-refractivity contribution in [2.24, 2.45) is 0 Å². The van der Waals surface area contributed by atoms with Gasteiger partial charge in [-0.2, -0.15) is 0 Å². The highest BCUT2D eigenvalue weighted by atomic mass is 16.5. The topological polar surface area (TPSA) is 82.8 Å². The SMILES string of the molecule is Cc1cccc(COc2cc(C)n(-c3cc(-c4ccnc(C(C)(C)C)n4)ncc3C)c(=O)c2C)n1. The molecule has 0 saturated carbocycles. The molecule has 0 aromatic carbocycles. The zero-order valence-electron chi connectivity index (χ0n) is 21.4. The number of rotatable bonds is 5. The van der Waals surface area contributed by atoms with Crippen molar-refractivity contribution in [3.63, 3.8) is 0 Å². The van der Waals surface area contributed by atoms with E-state index in [4.69, 9.17) is 9.72 Å². The first-order valence-corrected chi connectivity index (χ1v) is 11.6. The van der Waals surface area contributed by atoms with Crippen LogP contribution in [0.5, 0.6) is 5.75 Å². The fourth-order valence-electron chi connectivity index (χ4n) is 3.83. The molecule has 0 aliphatic carbocycles. The molecule has 0 fully saturated rings. The number of nitrogens with zero attached hydrogens (tertiary/aromatic N) is 5. The Morgan fingerprint density at radius 2 is 1.71 bits per heavy atom. The summed E-state index contributed by atoms with van der Waals surface area (Å²) < 4.78 is 7.70. The number of pyridine rings is 3. The lowest BCUT2D eigenvalue weighted by Gasteiger charge is -2.18. The predicted molar refractivity (Wildman–Crippen MR) is 137 cm³/mol. The largest absolute Gasteiger partial charge is 0.487 e. The van der Waals surface area contributed by atoms with Crippen LogP contribution in [0.2, 0.25) is 0 Å². The van der Waals surface area contributed by atoms with E-state index in [1.165, 1.54) is 0 Å². The van der Waals surface area contributed by atoms with Crippen LogP contribution < -0.4 is 10.3 Å². The first kappa shape index (κ1) is 24.3. The minimum Gasteiger partial charge on any atom is -0.487 e. The van der Waals surface area contributed by atoms with E-state index in [0.717, 1.165) is 39.9 Å². The molecule has 0 radical (unpaired) electrons. The second kappa shape index (κ2) is 9.41. The first-order chi connectivity index (χ1) is 16.5. The maximum atomic E-state index is 13.5. The second-order valence-corrected chi connectivity index (χ2v) is 9.85. The summed E-state index contributed by atoms with van der Waals surface area (Å²) in [6.07, 6.45) is 3.53. The number of hydrogen-bond acceptors (Lipinski definition) is 6. The van der Waals surface area contributed by atoms with Crippen LogP contribution in [0.4, 0.5) is 0 Å². The highest BCUT2D eigenvalue weighted by molar-refractivity contribution is 5.59. The molecule has 7 heteroatoms. The third kappa shape index (κ3) is 5.14. The van der Waals surface area contributed by atoms with Crippen LogP contribution >= 0.6 is 0 Å². The van der Waals surface area contributed by atoms with E-state index in [-0.39, 0.29) is 11.0 Å². The summed E-state index contributed by atoms with van der Waals surface area (Å²) in [5.41, 5.74) is 5.81. The Kier molecular flexibility index (Phi) is 6.52. The highest BCUT2D eigenvalue weighted by Crippen LogP contribution is 2.26. The molecule has 0 atom stereocenters. The maximum Gasteiger partial charge on any atom is 0.261 e. The summed E-state index contributed by atoms with van der Waals surface area (Å²) >= 11 is 0. The van der Waals surface area contributed by atoms with Crippen LogP contribution in [-0.4, -0.2) is 24.5 Å². The normalized spacial score (nSPS) is 11.5. The molecule has 0 aliphatic rings. The van der Waals surface area contributed by atoms with Gasteiger partial charge in [0.25, 0.3) is 5.56 Å². The second-order valence-electron chi connectivity index (χ2n) is 9.85. The van der Waals surface area contributed by atoms with Crippen molar-refractivity contribution in [3.05, 3.63) is 93.2 Å². The summed E-state index contributed by atoms with van der Waals surface area (Å²) in [5.74, 6) is 1.30. The zero-order valence-corrected chi connectivity index (χ0v) is 21.4. The molecule has 0 spiro atoms. The van der Waals surface area contributed by atoms with Gasteiger partial charge in [-0.1, -0.05) is 26.8 Å². The molecule has 4 aromatic heterocycles. The molecule has 180 valence electrons. The molecular weight excluding hydrogens is 438 g/mol. The number of hydrogen-bond donors (Lipinski definition) is 0. The fourth-order valence-corrected chi connectivity index (χ4v) is 3.83. The number of ether oxygens (including phenoxy) is 1. The summed E-state index contributed by atoms with van der Waals surface area (Å²) in [7, 11) is 0. The van der Waals surface area contributed by atoms with Gasteiger partial charge in [0.2, 0.25) is 0 Å². The van der Waals surface area contributed by atoms with Crippen molar-refractivity contribution in [2.45, 2.75) is 60.5 Å². The van der Waals surface area contributed by atoms with Crippen molar-refractivity contribution in [1.82, 2.24) is 24.5 Å². The Morgan fingerprint density at radius 3 is 2.43 bits per heavy atom. The van der Waals surface area contributed by atoms with Gasteiger partial charge in [0, 0.05) is 35.3 Å². The lowest BCUT2D eigenvalue weighted by molar-refractivity contribution is 0.297. The van der Waals surface area contributed by atoms with Crippen LogP contribution in [0, 0.1) is 27.7 Å². The summed E-state index contributed by atoms with van der Waals surface area (Å²) in [6.45, 7) is 14.1. The minimum absolute atomic E-state index is 0.129. The van der Waals surface area contributed by atoms with E-state index >= 15 is 0 Å². The van der Waals surface area contributed by atoms with E-state index in [1.807, 2.05) is 57.2 Å². The first-order valence-electron chi connectivity index (χ1n) is 11.6. The molecule has 4 rings (SSSR count). The average Bonchev–Trinajstić information content (AvgIpc) is 2.81. The highest BCUT2D eigenvalue weighted by Gasteiger charge is 2.19.